The molecular weight excluding hydrogens is 310 g/mol. The molecule has 0 aliphatic carbocycles. The van der Waals surface area contributed by atoms with E-state index in [1.165, 1.54) is 32.2 Å². The first-order chi connectivity index (χ1) is 10.1. The molecule has 0 aromatic heterocycles. The van der Waals surface area contributed by atoms with Crippen molar-refractivity contribution >= 4 is 22.0 Å². The van der Waals surface area contributed by atoms with Crippen LogP contribution in [0, 0.1) is 6.92 Å². The minimum atomic E-state index is -4.05. The number of carboxylic acid groups (broad SMARTS) is 1. The number of hydrogen-bond donors (Lipinski definition) is 1. The molecule has 0 aliphatic rings. The Labute approximate surface area is 129 Å². The molecule has 0 atom stereocenters. The predicted molar refractivity (Wildman–Crippen MR) is 79.2 cm³/mol. The Morgan fingerprint density at radius 1 is 1.32 bits per heavy atom. The molecule has 0 bridgehead atoms. The molecule has 0 radical (unpaired) electrons. The van der Waals surface area contributed by atoms with Crippen molar-refractivity contribution in [3.8, 4) is 0 Å². The van der Waals surface area contributed by atoms with Gasteiger partial charge in [0, 0.05) is 6.04 Å². The van der Waals surface area contributed by atoms with Gasteiger partial charge >= 0.3 is 11.9 Å². The Morgan fingerprint density at radius 2 is 1.91 bits per heavy atom. The van der Waals surface area contributed by atoms with E-state index in [2.05, 4.69) is 4.74 Å². The SMILES string of the molecule is COC(=O)c1cccc(S(=O)(=O)N(CC(=O)O)C(C)C)c1C. The Balaban J connectivity index is 3.45. The van der Waals surface area contributed by atoms with E-state index >= 15 is 0 Å². The van der Waals surface area contributed by atoms with Gasteiger partial charge in [0.05, 0.1) is 17.6 Å². The van der Waals surface area contributed by atoms with Crippen LogP contribution in [0.4, 0.5) is 0 Å². The summed E-state index contributed by atoms with van der Waals surface area (Å²) in [6.45, 7) is 4.00. The zero-order chi connectivity index (χ0) is 17.1. The van der Waals surface area contributed by atoms with Gasteiger partial charge in [-0.3, -0.25) is 4.79 Å². The summed E-state index contributed by atoms with van der Waals surface area (Å²) in [5.41, 5.74) is 0.355. The molecular formula is C14H19NO6S. The molecule has 0 heterocycles. The van der Waals surface area contributed by atoms with Gasteiger partial charge in [-0.1, -0.05) is 6.07 Å². The summed E-state index contributed by atoms with van der Waals surface area (Å²) < 4.78 is 30.9. The maximum atomic E-state index is 12.7. The molecule has 7 nitrogen and oxygen atoms in total. The maximum Gasteiger partial charge on any atom is 0.338 e. The van der Waals surface area contributed by atoms with Crippen LogP contribution in [0.1, 0.15) is 29.8 Å². The second-order valence-corrected chi connectivity index (χ2v) is 6.82. The number of carbonyl (C=O) groups excluding carboxylic acids is 1. The summed E-state index contributed by atoms with van der Waals surface area (Å²) in [7, 11) is -2.84. The van der Waals surface area contributed by atoms with Crippen molar-refractivity contribution in [2.75, 3.05) is 13.7 Å². The molecule has 1 rings (SSSR count). The van der Waals surface area contributed by atoms with Crippen molar-refractivity contribution in [3.05, 3.63) is 29.3 Å². The number of aliphatic carboxylic acids is 1. The number of rotatable bonds is 6. The van der Waals surface area contributed by atoms with Crippen LogP contribution in [0.2, 0.25) is 0 Å². The molecule has 22 heavy (non-hydrogen) atoms. The van der Waals surface area contributed by atoms with Crippen molar-refractivity contribution in [3.63, 3.8) is 0 Å². The summed E-state index contributed by atoms with van der Waals surface area (Å²) in [5, 5.41) is 8.91. The number of hydrogen-bond acceptors (Lipinski definition) is 5. The summed E-state index contributed by atoms with van der Waals surface area (Å²) in [4.78, 5) is 22.5. The molecule has 1 aromatic rings. The zero-order valence-electron chi connectivity index (χ0n) is 12.9. The monoisotopic (exact) mass is 329 g/mol. The van der Waals surface area contributed by atoms with Crippen molar-refractivity contribution in [1.29, 1.82) is 0 Å². The number of ether oxygens (including phenoxy) is 1. The molecule has 8 heteroatoms. The molecule has 0 saturated heterocycles. The molecule has 0 spiro atoms. The Bertz CT molecular complexity index is 681. The molecule has 1 aromatic carbocycles. The van der Waals surface area contributed by atoms with E-state index in [0.717, 1.165) is 4.31 Å². The molecule has 0 saturated carbocycles. The lowest BCUT2D eigenvalue weighted by atomic mass is 10.1. The maximum absolute atomic E-state index is 12.7. The largest absolute Gasteiger partial charge is 0.480 e. The minimum absolute atomic E-state index is 0.106. The van der Waals surface area contributed by atoms with Crippen LogP contribution in [0.3, 0.4) is 0 Å². The Morgan fingerprint density at radius 3 is 2.36 bits per heavy atom. The number of esters is 1. The normalized spacial score (nSPS) is 11.7. The summed E-state index contributed by atoms with van der Waals surface area (Å²) in [6.07, 6.45) is 0. The Hall–Kier alpha value is -1.93. The van der Waals surface area contributed by atoms with E-state index in [0.29, 0.717) is 0 Å². The van der Waals surface area contributed by atoms with Crippen LogP contribution >= 0.6 is 0 Å². The summed E-state index contributed by atoms with van der Waals surface area (Å²) >= 11 is 0. The second-order valence-electron chi connectivity index (χ2n) is 4.96. The molecule has 0 amide bonds. The highest BCUT2D eigenvalue weighted by Gasteiger charge is 2.31. The molecule has 122 valence electrons. The highest BCUT2D eigenvalue weighted by molar-refractivity contribution is 7.89. The van der Waals surface area contributed by atoms with E-state index in [9.17, 15) is 18.0 Å². The quantitative estimate of drug-likeness (QED) is 0.789. The van der Waals surface area contributed by atoms with Crippen LogP contribution in [0.25, 0.3) is 0 Å². The highest BCUT2D eigenvalue weighted by atomic mass is 32.2. The zero-order valence-corrected chi connectivity index (χ0v) is 13.7. The lowest BCUT2D eigenvalue weighted by Crippen LogP contribution is -2.40. The number of benzene rings is 1. The first kappa shape index (κ1) is 18.1. The molecule has 0 fully saturated rings. The number of nitrogens with zero attached hydrogens (tertiary/aromatic N) is 1. The first-order valence-corrected chi connectivity index (χ1v) is 7.98. The second kappa shape index (κ2) is 6.89. The van der Waals surface area contributed by atoms with E-state index in [1.807, 2.05) is 0 Å². The fourth-order valence-electron chi connectivity index (χ4n) is 2.03. The Kier molecular flexibility index (Phi) is 5.67. The van der Waals surface area contributed by atoms with Crippen LogP contribution in [0.15, 0.2) is 23.1 Å². The minimum Gasteiger partial charge on any atom is -0.480 e. The fraction of sp³-hybridized carbons (Fsp3) is 0.429. The van der Waals surface area contributed by atoms with Gasteiger partial charge in [-0.25, -0.2) is 13.2 Å². The third kappa shape index (κ3) is 3.63. The van der Waals surface area contributed by atoms with Gasteiger partial charge in [-0.05, 0) is 38.5 Å². The van der Waals surface area contributed by atoms with Crippen molar-refractivity contribution in [1.82, 2.24) is 4.31 Å². The van der Waals surface area contributed by atoms with Crippen molar-refractivity contribution in [2.45, 2.75) is 31.7 Å². The molecule has 0 unspecified atom stereocenters. The van der Waals surface area contributed by atoms with E-state index in [4.69, 9.17) is 5.11 Å². The van der Waals surface area contributed by atoms with Crippen molar-refractivity contribution in [2.24, 2.45) is 0 Å². The standard InChI is InChI=1S/C14H19NO6S/c1-9(2)15(8-13(16)17)22(19,20)12-7-5-6-11(10(12)3)14(18)21-4/h5-7,9H,8H2,1-4H3,(H,16,17). The summed E-state index contributed by atoms with van der Waals surface area (Å²) in [5.74, 6) is -1.90. The summed E-state index contributed by atoms with van der Waals surface area (Å²) in [6, 6.07) is 3.68. The number of methoxy groups -OCH3 is 1. The van der Waals surface area contributed by atoms with Gasteiger partial charge in [-0.2, -0.15) is 4.31 Å². The van der Waals surface area contributed by atoms with Gasteiger partial charge in [0.1, 0.15) is 6.54 Å². The molecule has 0 aliphatic heterocycles. The number of carboxylic acids is 1. The third-order valence-electron chi connectivity index (χ3n) is 3.14. The van der Waals surface area contributed by atoms with E-state index in [-0.39, 0.29) is 16.0 Å². The van der Waals surface area contributed by atoms with E-state index < -0.39 is 34.5 Å². The third-order valence-corrected chi connectivity index (χ3v) is 5.31. The van der Waals surface area contributed by atoms with Crippen LogP contribution < -0.4 is 0 Å². The number of carbonyl (C=O) groups is 2. The van der Waals surface area contributed by atoms with Gasteiger partial charge in [-0.15, -0.1) is 0 Å². The molecule has 1 N–H and O–H groups in total. The lowest BCUT2D eigenvalue weighted by molar-refractivity contribution is -0.137. The smallest absolute Gasteiger partial charge is 0.338 e. The van der Waals surface area contributed by atoms with Gasteiger partial charge in [0.15, 0.2) is 0 Å². The van der Waals surface area contributed by atoms with Crippen LogP contribution in [-0.2, 0) is 19.6 Å². The average Bonchev–Trinajstić information content (AvgIpc) is 2.43. The van der Waals surface area contributed by atoms with Gasteiger partial charge in [0.2, 0.25) is 10.0 Å². The van der Waals surface area contributed by atoms with Gasteiger partial charge in [0.25, 0.3) is 0 Å². The topological polar surface area (TPSA) is 101 Å². The lowest BCUT2D eigenvalue weighted by Gasteiger charge is -2.25. The number of sulfonamides is 1. The first-order valence-electron chi connectivity index (χ1n) is 6.54. The fourth-order valence-corrected chi connectivity index (χ4v) is 3.87. The van der Waals surface area contributed by atoms with E-state index in [1.54, 1.807) is 13.8 Å². The van der Waals surface area contributed by atoms with Crippen LogP contribution in [0.5, 0.6) is 0 Å². The highest BCUT2D eigenvalue weighted by Crippen LogP contribution is 2.24. The predicted octanol–water partition coefficient (Wildman–Crippen LogP) is 1.27. The van der Waals surface area contributed by atoms with Crippen molar-refractivity contribution < 1.29 is 27.9 Å². The average molecular weight is 329 g/mol. The van der Waals surface area contributed by atoms with Gasteiger partial charge < -0.3 is 9.84 Å². The van der Waals surface area contributed by atoms with Crippen LogP contribution in [-0.4, -0.2) is 49.5 Å².